The predicted octanol–water partition coefficient (Wildman–Crippen LogP) is 5.47. The van der Waals surface area contributed by atoms with Crippen LogP contribution in [0.5, 0.6) is 17.2 Å². The zero-order valence-electron chi connectivity index (χ0n) is 21.1. The molecule has 3 atom stereocenters. The molecule has 3 aromatic rings. The van der Waals surface area contributed by atoms with Crippen LogP contribution in [0, 0.1) is 0 Å². The zero-order chi connectivity index (χ0) is 25.7. The van der Waals surface area contributed by atoms with E-state index >= 15 is 0 Å². The molecule has 0 radical (unpaired) electrons. The molecule has 1 saturated heterocycles. The lowest BCUT2D eigenvalue weighted by molar-refractivity contribution is -0.118. The molecule has 9 heteroatoms. The molecule has 7 nitrogen and oxygen atoms in total. The molecular weight excluding hydrogens is 512 g/mol. The Bertz CT molecular complexity index is 1240. The lowest BCUT2D eigenvalue weighted by Crippen LogP contribution is -2.26. The number of ether oxygens (including phenoxy) is 3. The molecule has 196 valence electrons. The molecule has 37 heavy (non-hydrogen) atoms. The fraction of sp³-hybridized carbons (Fsp3) is 0.286. The second-order valence-corrected chi connectivity index (χ2v) is 9.72. The van der Waals surface area contributed by atoms with Crippen molar-refractivity contribution < 1.29 is 23.8 Å². The average Bonchev–Trinajstić information content (AvgIpc) is 3.22. The summed E-state index contributed by atoms with van der Waals surface area (Å²) in [5, 5.41) is 5.41. The quantitative estimate of drug-likeness (QED) is 0.351. The Hall–Kier alpha value is -3.20. The fourth-order valence-corrected chi connectivity index (χ4v) is 5.16. The van der Waals surface area contributed by atoms with Gasteiger partial charge in [-0.05, 0) is 59.9 Å². The van der Waals surface area contributed by atoms with Crippen LogP contribution in [0.15, 0.2) is 66.7 Å². The number of benzene rings is 3. The molecule has 0 aliphatic carbocycles. The summed E-state index contributed by atoms with van der Waals surface area (Å²) in [6.07, 6.45) is 0.475. The Morgan fingerprint density at radius 3 is 2.16 bits per heavy atom. The highest BCUT2D eigenvalue weighted by Crippen LogP contribution is 2.34. The molecule has 2 amide bonds. The molecule has 3 aromatic carbocycles. The summed E-state index contributed by atoms with van der Waals surface area (Å²) in [6.45, 7) is 2.12. The summed E-state index contributed by atoms with van der Waals surface area (Å²) in [7, 11) is 4.89. The number of hydrogen-bond acceptors (Lipinski definition) is 7. The van der Waals surface area contributed by atoms with Crippen molar-refractivity contribution >= 4 is 35.3 Å². The van der Waals surface area contributed by atoms with Crippen molar-refractivity contribution in [1.82, 2.24) is 10.6 Å². The summed E-state index contributed by atoms with van der Waals surface area (Å²) in [4.78, 5) is 23.7. The topological polar surface area (TPSA) is 85.9 Å². The summed E-state index contributed by atoms with van der Waals surface area (Å²) in [5.74, 6) is 1.87. The van der Waals surface area contributed by atoms with Crippen molar-refractivity contribution in [2.24, 2.45) is 0 Å². The van der Waals surface area contributed by atoms with Crippen molar-refractivity contribution in [3.05, 3.63) is 89.0 Å². The van der Waals surface area contributed by atoms with Gasteiger partial charge in [-0.2, -0.15) is 0 Å². The van der Waals surface area contributed by atoms with E-state index in [4.69, 9.17) is 14.2 Å². The van der Waals surface area contributed by atoms with Crippen molar-refractivity contribution in [2.75, 3.05) is 21.3 Å². The maximum Gasteiger partial charge on any atom is 0.286 e. The number of amides is 2. The van der Waals surface area contributed by atoms with Gasteiger partial charge < -0.3 is 14.2 Å². The van der Waals surface area contributed by atoms with Gasteiger partial charge in [-0.25, -0.2) is 0 Å². The Morgan fingerprint density at radius 2 is 1.54 bits per heavy atom. The van der Waals surface area contributed by atoms with E-state index in [0.717, 1.165) is 39.8 Å². The first-order chi connectivity index (χ1) is 17.4. The third-order valence-corrected chi connectivity index (χ3v) is 7.23. The summed E-state index contributed by atoms with van der Waals surface area (Å²) in [6, 6.07) is 21.9. The van der Waals surface area contributed by atoms with Crippen LogP contribution < -0.4 is 24.8 Å². The van der Waals surface area contributed by atoms with Crippen molar-refractivity contribution in [1.29, 1.82) is 0 Å². The molecule has 2 N–H and O–H groups in total. The molecule has 0 spiro atoms. The van der Waals surface area contributed by atoms with Crippen LogP contribution in [-0.4, -0.2) is 37.7 Å². The van der Waals surface area contributed by atoms with E-state index in [0.29, 0.717) is 17.9 Å². The van der Waals surface area contributed by atoms with Crippen LogP contribution in [0.25, 0.3) is 0 Å². The van der Waals surface area contributed by atoms with Crippen LogP contribution in [0.1, 0.15) is 41.3 Å². The van der Waals surface area contributed by atoms with Gasteiger partial charge in [-0.1, -0.05) is 54.2 Å². The van der Waals surface area contributed by atoms with Gasteiger partial charge >= 0.3 is 0 Å². The number of rotatable bonds is 10. The van der Waals surface area contributed by atoms with Gasteiger partial charge in [0.15, 0.2) is 11.5 Å². The Balaban J connectivity index is 0.00000380. The average molecular weight is 543 g/mol. The smallest absolute Gasteiger partial charge is 0.286 e. The van der Waals surface area contributed by atoms with E-state index < -0.39 is 5.25 Å². The van der Waals surface area contributed by atoms with Gasteiger partial charge in [0.05, 0.1) is 32.6 Å². The first-order valence-corrected chi connectivity index (χ1v) is 12.5. The van der Waals surface area contributed by atoms with Gasteiger partial charge in [0.25, 0.3) is 5.24 Å². The summed E-state index contributed by atoms with van der Waals surface area (Å²) in [5.41, 5.74) is 4.15. The van der Waals surface area contributed by atoms with Gasteiger partial charge in [-0.3, -0.25) is 20.2 Å². The second-order valence-electron chi connectivity index (χ2n) is 8.54. The number of halogens is 1. The van der Waals surface area contributed by atoms with Crippen LogP contribution in [0.4, 0.5) is 4.79 Å². The standard InChI is InChI=1S/C28H30N2O5S.ClH/c1-17(19-8-11-22(33-2)12-9-19)29-26(21-10-13-23(34-3)24(16-21)35-4)20-7-5-6-18(14-20)15-25-27(31)30-28(32)36-25;/h5-14,16-17,25-26,29H,15H2,1-4H3,(H,30,31,32);1H. The van der Waals surface area contributed by atoms with E-state index in [2.05, 4.69) is 29.7 Å². The Kier molecular flexibility index (Phi) is 9.86. The monoisotopic (exact) mass is 542 g/mol. The van der Waals surface area contributed by atoms with Gasteiger partial charge in [0.2, 0.25) is 5.91 Å². The van der Waals surface area contributed by atoms with Crippen LogP contribution in [0.2, 0.25) is 0 Å². The van der Waals surface area contributed by atoms with Gasteiger partial charge in [0.1, 0.15) is 5.75 Å². The summed E-state index contributed by atoms with van der Waals surface area (Å²) >= 11 is 1.04. The number of carbonyl (C=O) groups excluding carboxylic acids is 2. The number of carbonyl (C=O) groups is 2. The molecule has 1 heterocycles. The molecule has 1 aliphatic heterocycles. The number of methoxy groups -OCH3 is 3. The van der Waals surface area contributed by atoms with Crippen LogP contribution >= 0.6 is 24.2 Å². The first kappa shape index (κ1) is 28.4. The highest BCUT2D eigenvalue weighted by Gasteiger charge is 2.31. The maximum atomic E-state index is 12.1. The fourth-order valence-electron chi connectivity index (χ4n) is 4.30. The third-order valence-electron chi connectivity index (χ3n) is 6.25. The van der Waals surface area contributed by atoms with Crippen LogP contribution in [-0.2, 0) is 11.2 Å². The minimum absolute atomic E-state index is 0. The molecule has 3 unspecified atom stereocenters. The van der Waals surface area contributed by atoms with Gasteiger partial charge in [-0.15, -0.1) is 12.4 Å². The first-order valence-electron chi connectivity index (χ1n) is 11.6. The number of hydrogen-bond donors (Lipinski definition) is 2. The maximum absolute atomic E-state index is 12.1. The normalized spacial score (nSPS) is 16.4. The lowest BCUT2D eigenvalue weighted by atomic mass is 9.94. The molecule has 0 aromatic heterocycles. The SMILES string of the molecule is COc1ccc(C(C)NC(c2cccc(CC3SC(=O)NC3=O)c2)c2ccc(OC)c(OC)c2)cc1.Cl. The van der Waals surface area contributed by atoms with E-state index in [1.54, 1.807) is 21.3 Å². The Labute approximate surface area is 227 Å². The van der Waals surface area contributed by atoms with E-state index in [1.165, 1.54) is 0 Å². The molecular formula is C28H31ClN2O5S. The van der Waals surface area contributed by atoms with Crippen molar-refractivity contribution in [3.8, 4) is 17.2 Å². The number of thioether (sulfide) groups is 1. The zero-order valence-corrected chi connectivity index (χ0v) is 22.8. The molecule has 1 fully saturated rings. The van der Waals surface area contributed by atoms with Gasteiger partial charge in [0, 0.05) is 6.04 Å². The van der Waals surface area contributed by atoms with E-state index in [9.17, 15) is 9.59 Å². The molecule has 0 saturated carbocycles. The highest BCUT2D eigenvalue weighted by molar-refractivity contribution is 8.15. The second kappa shape index (κ2) is 12.9. The molecule has 0 bridgehead atoms. The summed E-state index contributed by atoms with van der Waals surface area (Å²) < 4.78 is 16.3. The largest absolute Gasteiger partial charge is 0.497 e. The van der Waals surface area contributed by atoms with E-state index in [1.807, 2.05) is 54.6 Å². The number of nitrogens with one attached hydrogen (secondary N) is 2. The lowest BCUT2D eigenvalue weighted by Gasteiger charge is -2.26. The van der Waals surface area contributed by atoms with E-state index in [-0.39, 0.29) is 35.6 Å². The predicted molar refractivity (Wildman–Crippen MR) is 148 cm³/mol. The minimum atomic E-state index is -0.418. The number of imide groups is 1. The Morgan fingerprint density at radius 1 is 0.865 bits per heavy atom. The van der Waals surface area contributed by atoms with Crippen molar-refractivity contribution in [3.63, 3.8) is 0 Å². The van der Waals surface area contributed by atoms with Crippen LogP contribution in [0.3, 0.4) is 0 Å². The third kappa shape index (κ3) is 6.77. The molecule has 1 aliphatic rings. The molecule has 4 rings (SSSR count). The van der Waals surface area contributed by atoms with Crippen molar-refractivity contribution in [2.45, 2.75) is 30.7 Å². The minimum Gasteiger partial charge on any atom is -0.497 e. The highest BCUT2D eigenvalue weighted by atomic mass is 35.5.